The largest absolute Gasteiger partial charge is 0.309 e. The van der Waals surface area contributed by atoms with Crippen LogP contribution in [0.5, 0.6) is 0 Å². The van der Waals surface area contributed by atoms with Gasteiger partial charge in [0.05, 0.1) is 22.1 Å². The molecule has 0 unspecified atom stereocenters. The average Bonchev–Trinajstić information content (AvgIpc) is 4.26. The summed E-state index contributed by atoms with van der Waals surface area (Å²) in [6, 6.07) is 105. The van der Waals surface area contributed by atoms with Crippen LogP contribution < -0.4 is 0 Å². The van der Waals surface area contributed by atoms with Gasteiger partial charge >= 0.3 is 0 Å². The van der Waals surface area contributed by atoms with Crippen LogP contribution in [0.3, 0.4) is 0 Å². The lowest BCUT2D eigenvalue weighted by molar-refractivity contribution is 1.18. The number of hydrogen-bond donors (Lipinski definition) is 0. The molecule has 0 amide bonds. The predicted octanol–water partition coefficient (Wildman–Crippen LogP) is 21.7. The highest BCUT2D eigenvalue weighted by atomic mass is 15.0. The summed E-state index contributed by atoms with van der Waals surface area (Å²) in [4.78, 5) is 0. The van der Waals surface area contributed by atoms with Gasteiger partial charge in [-0.2, -0.15) is 0 Å². The van der Waals surface area contributed by atoms with Crippen molar-refractivity contribution in [3.8, 4) is 89.3 Å². The fourth-order valence-electron chi connectivity index (χ4n) is 12.2. The fourth-order valence-corrected chi connectivity index (χ4v) is 12.2. The van der Waals surface area contributed by atoms with E-state index in [2.05, 4.69) is 326 Å². The van der Waals surface area contributed by atoms with Gasteiger partial charge in [-0.3, -0.25) is 0 Å². The maximum absolute atomic E-state index is 4.02. The van der Waals surface area contributed by atoms with Crippen molar-refractivity contribution >= 4 is 49.2 Å². The lowest BCUT2D eigenvalue weighted by Gasteiger charge is -2.12. The maximum atomic E-state index is 4.02. The molecule has 14 rings (SSSR count). The second-order valence-corrected chi connectivity index (χ2v) is 20.8. The van der Waals surface area contributed by atoms with Crippen LogP contribution >= 0.6 is 0 Å². The molecule has 14 aromatic rings. The van der Waals surface area contributed by atoms with Gasteiger partial charge in [0.25, 0.3) is 0 Å². The summed E-state index contributed by atoms with van der Waals surface area (Å²) in [5, 5.41) is 4.87. The zero-order chi connectivity index (χ0) is 54.2. The fraction of sp³-hybridized carbons (Fsp3) is 0.0127. The van der Waals surface area contributed by atoms with E-state index in [0.717, 1.165) is 55.8 Å². The van der Waals surface area contributed by atoms with Crippen LogP contribution in [0.25, 0.3) is 138 Å². The first kappa shape index (κ1) is 48.8. The molecular formula is C79H56N2. The van der Waals surface area contributed by atoms with E-state index in [0.29, 0.717) is 0 Å². The van der Waals surface area contributed by atoms with E-state index in [4.69, 9.17) is 0 Å². The Labute approximate surface area is 473 Å². The molecule has 0 aliphatic carbocycles. The standard InChI is InChI=1S/C79H56N2/c1-3-20-54(21-4-2)60-28-14-32-66(48-60)70-36-18-38-76-78(70)72-52-64(44-46-74(72)80(76)68-34-16-30-62(50-68)56-24-10-6-11-25-56)58-40-42-59(43-41-58)65-45-47-75-73(53-65)79-71(67-33-15-29-61(49-67)55-22-8-5-9-23-55)37-19-39-77(79)81(75)69-35-17-31-63(51-69)57-26-12-7-13-27-57/h3-53H,1H2,2H3/b21-4-,54-20+. The van der Waals surface area contributed by atoms with Crippen molar-refractivity contribution in [3.63, 3.8) is 0 Å². The van der Waals surface area contributed by atoms with Crippen LogP contribution in [-0.4, -0.2) is 9.13 Å². The third-order valence-electron chi connectivity index (χ3n) is 16.0. The highest BCUT2D eigenvalue weighted by Gasteiger charge is 2.21. The first-order valence-electron chi connectivity index (χ1n) is 27.9. The molecule has 0 aliphatic rings. The van der Waals surface area contributed by atoms with Crippen LogP contribution in [0.2, 0.25) is 0 Å². The van der Waals surface area contributed by atoms with E-state index in [1.54, 1.807) is 0 Å². The summed E-state index contributed by atoms with van der Waals surface area (Å²) < 4.78 is 4.89. The summed E-state index contributed by atoms with van der Waals surface area (Å²) in [5.41, 5.74) is 25.8. The number of allylic oxidation sites excluding steroid dienone is 5. The Morgan fingerprint density at radius 2 is 0.679 bits per heavy atom. The Hall–Kier alpha value is -10.5. The molecule has 2 nitrogen and oxygen atoms in total. The molecule has 0 fully saturated rings. The summed E-state index contributed by atoms with van der Waals surface area (Å²) in [6.07, 6.45) is 8.18. The third kappa shape index (κ3) is 9.00. The summed E-state index contributed by atoms with van der Waals surface area (Å²) in [6.45, 7) is 6.08. The smallest absolute Gasteiger partial charge is 0.0547 e. The van der Waals surface area contributed by atoms with Gasteiger partial charge in [0.1, 0.15) is 0 Å². The Morgan fingerprint density at radius 1 is 0.309 bits per heavy atom. The van der Waals surface area contributed by atoms with Crippen LogP contribution in [0, 0.1) is 0 Å². The van der Waals surface area contributed by atoms with Crippen molar-refractivity contribution in [2.75, 3.05) is 0 Å². The second-order valence-electron chi connectivity index (χ2n) is 20.8. The molecule has 382 valence electrons. The molecular weight excluding hydrogens is 977 g/mol. The average molecular weight is 1030 g/mol. The molecule has 0 N–H and O–H groups in total. The van der Waals surface area contributed by atoms with E-state index < -0.39 is 0 Å². The molecule has 2 heterocycles. The van der Waals surface area contributed by atoms with E-state index in [1.807, 2.05) is 6.08 Å². The SMILES string of the molecule is C=C/C=C(\C=C/C)c1cccc(-c2cccc3c2c2cc(-c4ccc(-c5ccc6c(c5)c5c(-c7cccc(-c8ccccc8)c7)cccc5n6-c5cccc(-c6ccccc6)c5)cc4)ccc2n3-c2cccc(-c3ccccc3)c2)c1. The molecule has 0 bridgehead atoms. The van der Waals surface area contributed by atoms with Crippen molar-refractivity contribution in [3.05, 3.63) is 322 Å². The minimum absolute atomic E-state index is 1.12. The topological polar surface area (TPSA) is 9.86 Å². The normalized spacial score (nSPS) is 11.8. The molecule has 0 radical (unpaired) electrons. The Morgan fingerprint density at radius 3 is 1.15 bits per heavy atom. The molecule has 81 heavy (non-hydrogen) atoms. The number of benzene rings is 12. The number of fused-ring (bicyclic) bond motifs is 6. The van der Waals surface area contributed by atoms with Crippen molar-refractivity contribution in [1.29, 1.82) is 0 Å². The summed E-state index contributed by atoms with van der Waals surface area (Å²) >= 11 is 0. The van der Waals surface area contributed by atoms with Crippen molar-refractivity contribution in [2.24, 2.45) is 0 Å². The van der Waals surface area contributed by atoms with Crippen LogP contribution in [0.15, 0.2) is 316 Å². The van der Waals surface area contributed by atoms with Gasteiger partial charge in [-0.1, -0.05) is 243 Å². The quantitative estimate of drug-likeness (QED) is 0.108. The van der Waals surface area contributed by atoms with Gasteiger partial charge in [-0.05, 0) is 169 Å². The first-order valence-corrected chi connectivity index (χ1v) is 27.9. The van der Waals surface area contributed by atoms with Crippen LogP contribution in [0.1, 0.15) is 12.5 Å². The highest BCUT2D eigenvalue weighted by Crippen LogP contribution is 2.44. The maximum Gasteiger partial charge on any atom is 0.0547 e. The molecule has 0 atom stereocenters. The molecule has 2 heteroatoms. The second kappa shape index (κ2) is 21.0. The van der Waals surface area contributed by atoms with E-state index >= 15 is 0 Å². The minimum atomic E-state index is 1.12. The molecule has 0 spiro atoms. The lowest BCUT2D eigenvalue weighted by Crippen LogP contribution is -1.94. The molecule has 0 saturated heterocycles. The Bertz CT molecular complexity index is 4740. The predicted molar refractivity (Wildman–Crippen MR) is 346 cm³/mol. The van der Waals surface area contributed by atoms with Crippen LogP contribution in [-0.2, 0) is 0 Å². The molecule has 0 saturated carbocycles. The Kier molecular flexibility index (Phi) is 12.7. The minimum Gasteiger partial charge on any atom is -0.309 e. The van der Waals surface area contributed by atoms with Crippen molar-refractivity contribution < 1.29 is 0 Å². The van der Waals surface area contributed by atoms with Gasteiger partial charge in [0, 0.05) is 32.9 Å². The summed E-state index contributed by atoms with van der Waals surface area (Å²) in [7, 11) is 0. The molecule has 12 aromatic carbocycles. The van der Waals surface area contributed by atoms with Gasteiger partial charge in [-0.25, -0.2) is 0 Å². The van der Waals surface area contributed by atoms with Gasteiger partial charge < -0.3 is 9.13 Å². The van der Waals surface area contributed by atoms with Gasteiger partial charge in [0.2, 0.25) is 0 Å². The third-order valence-corrected chi connectivity index (χ3v) is 16.0. The number of hydrogen-bond acceptors (Lipinski definition) is 0. The zero-order valence-electron chi connectivity index (χ0n) is 45.0. The van der Waals surface area contributed by atoms with E-state index in [-0.39, 0.29) is 0 Å². The highest BCUT2D eigenvalue weighted by molar-refractivity contribution is 6.18. The van der Waals surface area contributed by atoms with Crippen LogP contribution in [0.4, 0.5) is 0 Å². The van der Waals surface area contributed by atoms with E-state index in [1.165, 1.54) is 88.2 Å². The summed E-state index contributed by atoms with van der Waals surface area (Å²) in [5.74, 6) is 0. The zero-order valence-corrected chi connectivity index (χ0v) is 45.0. The lowest BCUT2D eigenvalue weighted by atomic mass is 9.94. The number of nitrogens with zero attached hydrogens (tertiary/aromatic N) is 2. The van der Waals surface area contributed by atoms with E-state index in [9.17, 15) is 0 Å². The first-order chi connectivity index (χ1) is 40.1. The molecule has 0 aliphatic heterocycles. The van der Waals surface area contributed by atoms with Gasteiger partial charge in [0.15, 0.2) is 0 Å². The van der Waals surface area contributed by atoms with Crippen molar-refractivity contribution in [1.82, 2.24) is 9.13 Å². The molecule has 2 aromatic heterocycles. The monoisotopic (exact) mass is 1030 g/mol. The van der Waals surface area contributed by atoms with Crippen molar-refractivity contribution in [2.45, 2.75) is 6.92 Å². The van der Waals surface area contributed by atoms with Gasteiger partial charge in [-0.15, -0.1) is 0 Å². The number of aromatic nitrogens is 2. The Balaban J connectivity index is 0.904. The number of rotatable bonds is 12.